The highest BCUT2D eigenvalue weighted by atomic mass is 35.5. The van der Waals surface area contributed by atoms with Crippen molar-refractivity contribution in [1.29, 1.82) is 0 Å². The van der Waals surface area contributed by atoms with Crippen LogP contribution in [0.4, 0.5) is 5.69 Å². The molecule has 24 heavy (non-hydrogen) atoms. The first kappa shape index (κ1) is 16.3. The number of halogens is 2. The van der Waals surface area contributed by atoms with Gasteiger partial charge < -0.3 is 10.1 Å². The van der Waals surface area contributed by atoms with Crippen LogP contribution in [0.1, 0.15) is 10.4 Å². The molecule has 0 aliphatic rings. The highest BCUT2D eigenvalue weighted by Crippen LogP contribution is 2.33. The Morgan fingerprint density at radius 2 is 1.62 bits per heavy atom. The lowest BCUT2D eigenvalue weighted by atomic mass is 10.2. The molecule has 3 aromatic rings. The zero-order valence-corrected chi connectivity index (χ0v) is 13.9. The molecule has 0 saturated carbocycles. The van der Waals surface area contributed by atoms with E-state index in [4.69, 9.17) is 27.9 Å². The van der Waals surface area contributed by atoms with E-state index >= 15 is 0 Å². The predicted octanol–water partition coefficient (Wildman–Crippen LogP) is 5.43. The largest absolute Gasteiger partial charge is 0.454 e. The number of nitrogens with zero attached hydrogens (tertiary/aromatic N) is 1. The molecule has 2 aromatic carbocycles. The van der Waals surface area contributed by atoms with Gasteiger partial charge in [0.15, 0.2) is 5.75 Å². The average molecular weight is 359 g/mol. The number of carbonyl (C=O) groups excluding carboxylic acids is 1. The fourth-order valence-corrected chi connectivity index (χ4v) is 2.43. The number of hydrogen-bond acceptors (Lipinski definition) is 3. The summed E-state index contributed by atoms with van der Waals surface area (Å²) in [5, 5.41) is 3.39. The second-order valence-corrected chi connectivity index (χ2v) is 5.59. The van der Waals surface area contributed by atoms with Crippen molar-refractivity contribution < 1.29 is 9.53 Å². The molecule has 0 unspecified atom stereocenters. The monoisotopic (exact) mass is 358 g/mol. The van der Waals surface area contributed by atoms with Gasteiger partial charge in [-0.15, -0.1) is 0 Å². The van der Waals surface area contributed by atoms with E-state index in [0.717, 1.165) is 0 Å². The first-order valence-corrected chi connectivity index (χ1v) is 7.84. The third-order valence-corrected chi connectivity index (χ3v) is 3.81. The Bertz CT molecular complexity index is 884. The maximum atomic E-state index is 12.4. The van der Waals surface area contributed by atoms with Gasteiger partial charge in [0.1, 0.15) is 10.9 Å². The van der Waals surface area contributed by atoms with Gasteiger partial charge in [0.05, 0.1) is 16.3 Å². The zero-order chi connectivity index (χ0) is 16.9. The minimum atomic E-state index is -0.372. The number of carbonyl (C=O) groups is 1. The molecular weight excluding hydrogens is 347 g/mol. The Kier molecular flexibility index (Phi) is 4.99. The number of para-hydroxylation sites is 3. The SMILES string of the molecule is O=C(Nc1ccccc1Oc1ccccc1Cl)c1cccnc1Cl. The summed E-state index contributed by atoms with van der Waals surface area (Å²) in [6, 6.07) is 17.4. The van der Waals surface area contributed by atoms with Crippen molar-refractivity contribution in [2.75, 3.05) is 5.32 Å². The van der Waals surface area contributed by atoms with Crippen molar-refractivity contribution in [3.8, 4) is 11.5 Å². The molecule has 0 spiro atoms. The molecule has 0 fully saturated rings. The molecule has 4 nitrogen and oxygen atoms in total. The van der Waals surface area contributed by atoms with E-state index in [1.807, 2.05) is 12.1 Å². The highest BCUT2D eigenvalue weighted by Gasteiger charge is 2.14. The van der Waals surface area contributed by atoms with Crippen molar-refractivity contribution >= 4 is 34.8 Å². The van der Waals surface area contributed by atoms with E-state index in [2.05, 4.69) is 10.3 Å². The van der Waals surface area contributed by atoms with Crippen LogP contribution in [0.25, 0.3) is 0 Å². The molecule has 3 rings (SSSR count). The fraction of sp³-hybridized carbons (Fsp3) is 0. The van der Waals surface area contributed by atoms with Gasteiger partial charge >= 0.3 is 0 Å². The molecule has 0 radical (unpaired) electrons. The van der Waals surface area contributed by atoms with E-state index < -0.39 is 0 Å². The lowest BCUT2D eigenvalue weighted by Crippen LogP contribution is -2.13. The minimum Gasteiger partial charge on any atom is -0.454 e. The van der Waals surface area contributed by atoms with E-state index in [-0.39, 0.29) is 16.6 Å². The molecule has 120 valence electrons. The summed E-state index contributed by atoms with van der Waals surface area (Å²) in [4.78, 5) is 16.3. The number of benzene rings is 2. The summed E-state index contributed by atoms with van der Waals surface area (Å²) in [7, 11) is 0. The number of aromatic nitrogens is 1. The van der Waals surface area contributed by atoms with Gasteiger partial charge in [-0.1, -0.05) is 47.5 Å². The molecule has 0 aliphatic heterocycles. The smallest absolute Gasteiger partial charge is 0.258 e. The van der Waals surface area contributed by atoms with E-state index in [1.54, 1.807) is 48.5 Å². The first-order chi connectivity index (χ1) is 11.6. The third kappa shape index (κ3) is 3.67. The van der Waals surface area contributed by atoms with Crippen molar-refractivity contribution in [3.05, 3.63) is 82.6 Å². The van der Waals surface area contributed by atoms with Gasteiger partial charge in [0, 0.05) is 6.20 Å². The zero-order valence-electron chi connectivity index (χ0n) is 12.4. The lowest BCUT2D eigenvalue weighted by molar-refractivity contribution is 0.102. The van der Waals surface area contributed by atoms with Crippen LogP contribution in [-0.4, -0.2) is 10.9 Å². The fourth-order valence-electron chi connectivity index (χ4n) is 2.05. The number of anilines is 1. The number of rotatable bonds is 4. The second kappa shape index (κ2) is 7.34. The average Bonchev–Trinajstić information content (AvgIpc) is 2.59. The molecule has 0 saturated heterocycles. The van der Waals surface area contributed by atoms with Crippen LogP contribution in [0, 0.1) is 0 Å². The van der Waals surface area contributed by atoms with Gasteiger partial charge in [0.2, 0.25) is 0 Å². The Labute approximate surface area is 149 Å². The molecular formula is C18H12Cl2N2O2. The molecule has 1 amide bonds. The van der Waals surface area contributed by atoms with Crippen LogP contribution < -0.4 is 10.1 Å². The topological polar surface area (TPSA) is 51.2 Å². The number of nitrogens with one attached hydrogen (secondary N) is 1. The van der Waals surface area contributed by atoms with Crippen molar-refractivity contribution in [3.63, 3.8) is 0 Å². The lowest BCUT2D eigenvalue weighted by Gasteiger charge is -2.13. The number of amides is 1. The molecule has 0 aliphatic carbocycles. The summed E-state index contributed by atoms with van der Waals surface area (Å²) in [5.41, 5.74) is 0.786. The molecule has 6 heteroatoms. The molecule has 1 N–H and O–H groups in total. The summed E-state index contributed by atoms with van der Waals surface area (Å²) in [6.45, 7) is 0. The standard InChI is InChI=1S/C18H12Cl2N2O2/c19-13-7-1-3-9-15(13)24-16-10-4-2-8-14(16)22-18(23)12-6-5-11-21-17(12)20/h1-11H,(H,22,23). The number of ether oxygens (including phenoxy) is 1. The van der Waals surface area contributed by atoms with Gasteiger partial charge in [0.25, 0.3) is 5.91 Å². The van der Waals surface area contributed by atoms with Crippen LogP contribution in [0.2, 0.25) is 10.2 Å². The van der Waals surface area contributed by atoms with Crippen LogP contribution >= 0.6 is 23.2 Å². The normalized spacial score (nSPS) is 10.2. The maximum absolute atomic E-state index is 12.4. The third-order valence-electron chi connectivity index (χ3n) is 3.20. The Morgan fingerprint density at radius 3 is 2.38 bits per heavy atom. The highest BCUT2D eigenvalue weighted by molar-refractivity contribution is 6.33. The van der Waals surface area contributed by atoms with Crippen LogP contribution in [0.3, 0.4) is 0 Å². The summed E-state index contributed by atoms with van der Waals surface area (Å²) >= 11 is 12.1. The van der Waals surface area contributed by atoms with Crippen LogP contribution in [-0.2, 0) is 0 Å². The Hall–Kier alpha value is -2.56. The van der Waals surface area contributed by atoms with Gasteiger partial charge in [-0.3, -0.25) is 4.79 Å². The molecule has 0 atom stereocenters. The quantitative estimate of drug-likeness (QED) is 0.632. The summed E-state index contributed by atoms with van der Waals surface area (Å²) < 4.78 is 5.81. The van der Waals surface area contributed by atoms with Gasteiger partial charge in [-0.25, -0.2) is 4.98 Å². The second-order valence-electron chi connectivity index (χ2n) is 4.82. The van der Waals surface area contributed by atoms with Gasteiger partial charge in [-0.2, -0.15) is 0 Å². The van der Waals surface area contributed by atoms with Gasteiger partial charge in [-0.05, 0) is 36.4 Å². The summed E-state index contributed by atoms with van der Waals surface area (Å²) in [5.74, 6) is 0.600. The predicted molar refractivity (Wildman–Crippen MR) is 95.2 cm³/mol. The number of hydrogen-bond donors (Lipinski definition) is 1. The van der Waals surface area contributed by atoms with Crippen LogP contribution in [0.15, 0.2) is 66.9 Å². The molecule has 1 heterocycles. The van der Waals surface area contributed by atoms with E-state index in [1.165, 1.54) is 6.20 Å². The molecule has 0 bridgehead atoms. The Balaban J connectivity index is 1.86. The van der Waals surface area contributed by atoms with E-state index in [0.29, 0.717) is 22.2 Å². The first-order valence-electron chi connectivity index (χ1n) is 7.08. The Morgan fingerprint density at radius 1 is 0.917 bits per heavy atom. The summed E-state index contributed by atoms with van der Waals surface area (Å²) in [6.07, 6.45) is 1.52. The van der Waals surface area contributed by atoms with E-state index in [9.17, 15) is 4.79 Å². The number of pyridine rings is 1. The van der Waals surface area contributed by atoms with Crippen molar-refractivity contribution in [2.45, 2.75) is 0 Å². The minimum absolute atomic E-state index is 0.138. The maximum Gasteiger partial charge on any atom is 0.258 e. The van der Waals surface area contributed by atoms with Crippen LogP contribution in [0.5, 0.6) is 11.5 Å². The molecule has 1 aromatic heterocycles. The van der Waals surface area contributed by atoms with Crippen molar-refractivity contribution in [1.82, 2.24) is 4.98 Å². The van der Waals surface area contributed by atoms with Crippen molar-refractivity contribution in [2.24, 2.45) is 0 Å².